The van der Waals surface area contributed by atoms with Gasteiger partial charge in [-0.1, -0.05) is 6.07 Å². The van der Waals surface area contributed by atoms with Gasteiger partial charge in [-0.05, 0) is 11.4 Å². The van der Waals surface area contributed by atoms with E-state index >= 15 is 0 Å². The molecule has 0 aromatic carbocycles. The molecule has 3 rings (SSSR count). The molecule has 7 heteroatoms. The van der Waals surface area contributed by atoms with Gasteiger partial charge >= 0.3 is 0 Å². The molecule has 0 bridgehead atoms. The Bertz CT molecular complexity index is 663. The van der Waals surface area contributed by atoms with E-state index in [0.717, 1.165) is 32.8 Å². The van der Waals surface area contributed by atoms with Crippen molar-refractivity contribution in [3.63, 3.8) is 0 Å². The number of hydrogen-bond donors (Lipinski definition) is 0. The number of anilines is 1. The van der Waals surface area contributed by atoms with Gasteiger partial charge in [-0.25, -0.2) is 9.97 Å². The van der Waals surface area contributed by atoms with Gasteiger partial charge in [0.15, 0.2) is 11.5 Å². The number of nitriles is 1. The average molecular weight is 329 g/mol. The zero-order valence-corrected chi connectivity index (χ0v) is 13.9. The van der Waals surface area contributed by atoms with Gasteiger partial charge < -0.3 is 9.64 Å². The maximum Gasteiger partial charge on any atom is 0.183 e. The Balaban J connectivity index is 1.82. The van der Waals surface area contributed by atoms with Crippen LogP contribution in [0.25, 0.3) is 0 Å². The van der Waals surface area contributed by atoms with E-state index in [1.165, 1.54) is 4.88 Å². The molecule has 120 valence electrons. The maximum atomic E-state index is 9.23. The normalized spacial score (nSPS) is 16.7. The molecule has 3 heterocycles. The SMILES string of the molecule is CN(CC(c1cccs1)N1CCOCC1)c1nccnc1C#N. The number of ether oxygens (including phenoxy) is 1. The summed E-state index contributed by atoms with van der Waals surface area (Å²) in [5, 5.41) is 11.3. The van der Waals surface area contributed by atoms with Gasteiger partial charge in [-0.15, -0.1) is 11.3 Å². The maximum absolute atomic E-state index is 9.23. The van der Waals surface area contributed by atoms with Crippen LogP contribution in [0.5, 0.6) is 0 Å². The highest BCUT2D eigenvalue weighted by Gasteiger charge is 2.25. The number of likely N-dealkylation sites (N-methyl/N-ethyl adjacent to an activating group) is 1. The van der Waals surface area contributed by atoms with E-state index < -0.39 is 0 Å². The Hall–Kier alpha value is -2.01. The van der Waals surface area contributed by atoms with Crippen LogP contribution in [0.3, 0.4) is 0 Å². The summed E-state index contributed by atoms with van der Waals surface area (Å²) in [4.78, 5) is 14.2. The van der Waals surface area contributed by atoms with Crippen LogP contribution in [-0.2, 0) is 4.74 Å². The summed E-state index contributed by atoms with van der Waals surface area (Å²) in [6.07, 6.45) is 3.18. The first kappa shape index (κ1) is 15.9. The molecule has 0 N–H and O–H groups in total. The van der Waals surface area contributed by atoms with Gasteiger partial charge in [0.1, 0.15) is 6.07 Å². The third kappa shape index (κ3) is 3.67. The van der Waals surface area contributed by atoms with E-state index in [0.29, 0.717) is 11.5 Å². The van der Waals surface area contributed by atoms with Crippen molar-refractivity contribution in [1.82, 2.24) is 14.9 Å². The van der Waals surface area contributed by atoms with Crippen molar-refractivity contribution in [3.8, 4) is 6.07 Å². The minimum absolute atomic E-state index is 0.262. The van der Waals surface area contributed by atoms with Crippen LogP contribution >= 0.6 is 11.3 Å². The lowest BCUT2D eigenvalue weighted by atomic mass is 10.1. The van der Waals surface area contributed by atoms with Gasteiger partial charge in [0.25, 0.3) is 0 Å². The molecule has 0 aliphatic carbocycles. The summed E-state index contributed by atoms with van der Waals surface area (Å²) in [6, 6.07) is 6.63. The van der Waals surface area contributed by atoms with E-state index in [4.69, 9.17) is 4.74 Å². The highest BCUT2D eigenvalue weighted by Crippen LogP contribution is 2.28. The Morgan fingerprint density at radius 1 is 1.39 bits per heavy atom. The fourth-order valence-corrected chi connectivity index (χ4v) is 3.64. The lowest BCUT2D eigenvalue weighted by Gasteiger charge is -2.36. The standard InChI is InChI=1S/C16H19N5OS/c1-20(16-13(11-17)18-4-5-19-16)12-14(15-3-2-10-23-15)21-6-8-22-9-7-21/h2-5,10,14H,6-9,12H2,1H3. The molecule has 1 fully saturated rings. The molecule has 1 aliphatic rings. The molecule has 2 aromatic rings. The Labute approximate surface area is 140 Å². The van der Waals surface area contributed by atoms with Crippen molar-refractivity contribution in [3.05, 3.63) is 40.5 Å². The zero-order chi connectivity index (χ0) is 16.1. The highest BCUT2D eigenvalue weighted by molar-refractivity contribution is 7.10. The molecule has 0 spiro atoms. The number of hydrogen-bond acceptors (Lipinski definition) is 7. The Kier molecular flexibility index (Phi) is 5.18. The van der Waals surface area contributed by atoms with Crippen LogP contribution in [0.4, 0.5) is 5.82 Å². The first-order valence-electron chi connectivity index (χ1n) is 7.57. The average Bonchev–Trinajstić information content (AvgIpc) is 3.14. The molecule has 1 unspecified atom stereocenters. The first-order valence-corrected chi connectivity index (χ1v) is 8.45. The van der Waals surface area contributed by atoms with Crippen LogP contribution in [0.1, 0.15) is 16.6 Å². The molecule has 1 aliphatic heterocycles. The molecular formula is C16H19N5OS. The number of rotatable bonds is 5. The first-order chi connectivity index (χ1) is 11.3. The van der Waals surface area contributed by atoms with Crippen molar-refractivity contribution in [2.45, 2.75) is 6.04 Å². The molecule has 1 saturated heterocycles. The smallest absolute Gasteiger partial charge is 0.183 e. The number of morpholine rings is 1. The predicted molar refractivity (Wildman–Crippen MR) is 89.5 cm³/mol. The van der Waals surface area contributed by atoms with Crippen molar-refractivity contribution in [2.24, 2.45) is 0 Å². The Morgan fingerprint density at radius 2 is 2.17 bits per heavy atom. The Morgan fingerprint density at radius 3 is 2.87 bits per heavy atom. The monoisotopic (exact) mass is 329 g/mol. The lowest BCUT2D eigenvalue weighted by Crippen LogP contribution is -2.43. The number of thiophene rings is 1. The summed E-state index contributed by atoms with van der Waals surface area (Å²) in [5.74, 6) is 0.629. The van der Waals surface area contributed by atoms with E-state index in [-0.39, 0.29) is 6.04 Å². The molecule has 23 heavy (non-hydrogen) atoms. The van der Waals surface area contributed by atoms with E-state index in [2.05, 4.69) is 38.4 Å². The summed E-state index contributed by atoms with van der Waals surface area (Å²) < 4.78 is 5.48. The molecule has 1 atom stereocenters. The summed E-state index contributed by atoms with van der Waals surface area (Å²) in [7, 11) is 1.96. The van der Waals surface area contributed by atoms with Crippen molar-refractivity contribution in [2.75, 3.05) is 44.8 Å². The van der Waals surface area contributed by atoms with Gasteiger partial charge in [0, 0.05) is 44.0 Å². The van der Waals surface area contributed by atoms with Gasteiger partial charge in [-0.3, -0.25) is 4.90 Å². The number of aromatic nitrogens is 2. The fourth-order valence-electron chi connectivity index (χ4n) is 2.79. The minimum atomic E-state index is 0.262. The van der Waals surface area contributed by atoms with Crippen LogP contribution in [0.15, 0.2) is 29.9 Å². The second kappa shape index (κ2) is 7.51. The van der Waals surface area contributed by atoms with Gasteiger partial charge in [0.2, 0.25) is 0 Å². The molecule has 2 aromatic heterocycles. The van der Waals surface area contributed by atoms with Crippen LogP contribution < -0.4 is 4.90 Å². The van der Waals surface area contributed by atoms with E-state index in [9.17, 15) is 5.26 Å². The second-order valence-corrected chi connectivity index (χ2v) is 6.38. The molecular weight excluding hydrogens is 310 g/mol. The third-order valence-electron chi connectivity index (χ3n) is 3.95. The van der Waals surface area contributed by atoms with Crippen LogP contribution in [-0.4, -0.2) is 54.8 Å². The van der Waals surface area contributed by atoms with Crippen molar-refractivity contribution < 1.29 is 4.74 Å². The van der Waals surface area contributed by atoms with Crippen LogP contribution in [0, 0.1) is 11.3 Å². The third-order valence-corrected chi connectivity index (χ3v) is 4.92. The minimum Gasteiger partial charge on any atom is -0.379 e. The number of nitrogens with zero attached hydrogens (tertiary/aromatic N) is 5. The summed E-state index contributed by atoms with van der Waals surface area (Å²) in [6.45, 7) is 4.12. The molecule has 0 saturated carbocycles. The quantitative estimate of drug-likeness (QED) is 0.835. The van der Waals surface area contributed by atoms with Gasteiger partial charge in [-0.2, -0.15) is 5.26 Å². The van der Waals surface area contributed by atoms with Gasteiger partial charge in [0.05, 0.1) is 19.3 Å². The van der Waals surface area contributed by atoms with E-state index in [1.807, 2.05) is 11.9 Å². The van der Waals surface area contributed by atoms with E-state index in [1.54, 1.807) is 23.7 Å². The molecule has 0 amide bonds. The molecule has 0 radical (unpaired) electrons. The summed E-state index contributed by atoms with van der Waals surface area (Å²) in [5.41, 5.74) is 0.363. The molecule has 6 nitrogen and oxygen atoms in total. The topological polar surface area (TPSA) is 65.3 Å². The van der Waals surface area contributed by atoms with Crippen molar-refractivity contribution >= 4 is 17.2 Å². The summed E-state index contributed by atoms with van der Waals surface area (Å²) >= 11 is 1.76. The van der Waals surface area contributed by atoms with Crippen LogP contribution in [0.2, 0.25) is 0 Å². The fraction of sp³-hybridized carbons (Fsp3) is 0.438. The highest BCUT2D eigenvalue weighted by atomic mass is 32.1. The zero-order valence-electron chi connectivity index (χ0n) is 13.1. The second-order valence-electron chi connectivity index (χ2n) is 5.40. The predicted octanol–water partition coefficient (Wildman–Crippen LogP) is 1.92. The lowest BCUT2D eigenvalue weighted by molar-refractivity contribution is 0.0183. The van der Waals surface area contributed by atoms with Crippen molar-refractivity contribution in [1.29, 1.82) is 5.26 Å². The largest absolute Gasteiger partial charge is 0.379 e.